The lowest BCUT2D eigenvalue weighted by Gasteiger charge is -2.19. The van der Waals surface area contributed by atoms with E-state index in [0.717, 1.165) is 70.6 Å². The summed E-state index contributed by atoms with van der Waals surface area (Å²) in [7, 11) is -4.37. The zero-order valence-electron chi connectivity index (χ0n) is 36.3. The number of rotatable bonds is 42. The fourth-order valence-corrected chi connectivity index (χ4v) is 6.84. The smallest absolute Gasteiger partial charge is 0.462 e. The Morgan fingerprint density at radius 1 is 0.544 bits per heavy atom. The van der Waals surface area contributed by atoms with Crippen molar-refractivity contribution in [3.8, 4) is 0 Å². The van der Waals surface area contributed by atoms with Gasteiger partial charge < -0.3 is 20.1 Å². The lowest BCUT2D eigenvalue weighted by Crippen LogP contribution is -2.29. The van der Waals surface area contributed by atoms with Crippen LogP contribution < -0.4 is 5.73 Å². The minimum Gasteiger partial charge on any atom is -0.462 e. The van der Waals surface area contributed by atoms with Gasteiger partial charge in [-0.2, -0.15) is 0 Å². The van der Waals surface area contributed by atoms with Gasteiger partial charge in [-0.1, -0.05) is 184 Å². The highest BCUT2D eigenvalue weighted by molar-refractivity contribution is 7.47. The van der Waals surface area contributed by atoms with E-state index in [1.165, 1.54) is 89.9 Å². The van der Waals surface area contributed by atoms with Crippen LogP contribution in [0, 0.1) is 0 Å². The molecule has 0 radical (unpaired) electrons. The first-order valence-corrected chi connectivity index (χ1v) is 24.3. The minimum atomic E-state index is -4.37. The van der Waals surface area contributed by atoms with Gasteiger partial charge in [0, 0.05) is 19.4 Å². The fourth-order valence-electron chi connectivity index (χ4n) is 6.07. The Balaban J connectivity index is 3.91. The van der Waals surface area contributed by atoms with Crippen LogP contribution in [0.15, 0.2) is 60.8 Å². The van der Waals surface area contributed by atoms with Crippen molar-refractivity contribution in [2.75, 3.05) is 26.4 Å². The maximum Gasteiger partial charge on any atom is 0.472 e. The van der Waals surface area contributed by atoms with Crippen LogP contribution in [-0.4, -0.2) is 49.3 Å². The van der Waals surface area contributed by atoms with Gasteiger partial charge in [0.1, 0.15) is 6.61 Å². The molecule has 10 heteroatoms. The number of carbonyl (C=O) groups excluding carboxylic acids is 2. The molecule has 0 fully saturated rings. The second-order valence-corrected chi connectivity index (χ2v) is 16.3. The molecule has 0 amide bonds. The van der Waals surface area contributed by atoms with Crippen LogP contribution in [0.25, 0.3) is 0 Å². The molecule has 0 spiro atoms. The highest BCUT2D eigenvalue weighted by Gasteiger charge is 2.26. The summed E-state index contributed by atoms with van der Waals surface area (Å²) in [5.41, 5.74) is 5.33. The third kappa shape index (κ3) is 43.1. The van der Waals surface area contributed by atoms with Crippen molar-refractivity contribution in [1.29, 1.82) is 0 Å². The maximum absolute atomic E-state index is 12.6. The van der Waals surface area contributed by atoms with Gasteiger partial charge in [0.2, 0.25) is 0 Å². The number of hydrogen-bond acceptors (Lipinski definition) is 8. The molecule has 0 saturated heterocycles. The van der Waals surface area contributed by atoms with Crippen molar-refractivity contribution < 1.29 is 37.6 Å². The zero-order valence-corrected chi connectivity index (χ0v) is 37.2. The standard InChI is InChI=1S/C47H84NO8P/c1-3-5-7-9-11-12-13-14-15-16-17-18-19-20-21-22-23-24-25-26-27-28-29-30-31-32-34-36-38-40-47(50)56-45(44-55-57(51,52)54-42-41-48)43-53-46(49)39-37-35-33-10-8-6-4-2/h5,7,11-12,14-15,17-18,20-21,45H,3-4,6,8-10,13,16,19,22-44,48H2,1-2H3,(H,51,52)/b7-5-,12-11-,15-14-,18-17-,21-20-. The maximum atomic E-state index is 12.6. The number of carbonyl (C=O) groups is 2. The molecule has 9 nitrogen and oxygen atoms in total. The van der Waals surface area contributed by atoms with Crippen LogP contribution >= 0.6 is 7.82 Å². The van der Waals surface area contributed by atoms with Gasteiger partial charge in [0.25, 0.3) is 0 Å². The summed E-state index contributed by atoms with van der Waals surface area (Å²) in [5, 5.41) is 0. The number of hydrogen-bond donors (Lipinski definition) is 2. The Bertz CT molecular complexity index is 1120. The molecule has 3 N–H and O–H groups in total. The first-order chi connectivity index (χ1) is 27.8. The number of allylic oxidation sites excluding steroid dienone is 10. The molecule has 0 bridgehead atoms. The van der Waals surface area contributed by atoms with Gasteiger partial charge in [-0.25, -0.2) is 4.57 Å². The summed E-state index contributed by atoms with van der Waals surface area (Å²) in [6, 6.07) is 0. The molecular weight excluding hydrogens is 737 g/mol. The van der Waals surface area contributed by atoms with Crippen LogP contribution in [0.3, 0.4) is 0 Å². The molecule has 0 rings (SSSR count). The first kappa shape index (κ1) is 54.7. The fraction of sp³-hybridized carbons (Fsp3) is 0.745. The normalized spacial score (nSPS) is 13.8. The van der Waals surface area contributed by atoms with Gasteiger partial charge in [0.05, 0.1) is 13.2 Å². The number of nitrogens with two attached hydrogens (primary N) is 1. The second-order valence-electron chi connectivity index (χ2n) is 14.9. The highest BCUT2D eigenvalue weighted by atomic mass is 31.2. The number of phosphoric acid groups is 1. The Labute approximate surface area is 349 Å². The van der Waals surface area contributed by atoms with Crippen molar-refractivity contribution in [2.45, 2.75) is 200 Å². The van der Waals surface area contributed by atoms with E-state index < -0.39 is 26.5 Å². The predicted molar refractivity (Wildman–Crippen MR) is 238 cm³/mol. The lowest BCUT2D eigenvalue weighted by atomic mass is 10.0. The second kappa shape index (κ2) is 43.3. The van der Waals surface area contributed by atoms with Crippen molar-refractivity contribution in [3.05, 3.63) is 60.8 Å². The van der Waals surface area contributed by atoms with E-state index in [2.05, 4.69) is 74.6 Å². The molecule has 0 saturated carbocycles. The summed E-state index contributed by atoms with van der Waals surface area (Å²) in [6.45, 7) is 3.56. The minimum absolute atomic E-state index is 0.0524. The first-order valence-electron chi connectivity index (χ1n) is 22.8. The van der Waals surface area contributed by atoms with E-state index in [4.69, 9.17) is 24.3 Å². The number of phosphoric ester groups is 1. The predicted octanol–water partition coefficient (Wildman–Crippen LogP) is 13.3. The summed E-state index contributed by atoms with van der Waals surface area (Å²) >= 11 is 0. The van der Waals surface area contributed by atoms with Crippen LogP contribution in [0.1, 0.15) is 194 Å². The van der Waals surface area contributed by atoms with Crippen LogP contribution in [-0.2, 0) is 32.7 Å². The molecule has 0 heterocycles. The summed E-state index contributed by atoms with van der Waals surface area (Å²) in [4.78, 5) is 34.7. The number of unbranched alkanes of at least 4 members (excludes halogenated alkanes) is 19. The number of ether oxygens (including phenoxy) is 2. The third-order valence-corrected chi connectivity index (χ3v) is 10.4. The quantitative estimate of drug-likeness (QED) is 0.0267. The molecule has 2 atom stereocenters. The molecule has 0 aromatic heterocycles. The molecule has 0 aliphatic carbocycles. The molecule has 330 valence electrons. The Kier molecular flexibility index (Phi) is 41.6. The van der Waals surface area contributed by atoms with Gasteiger partial charge in [-0.05, 0) is 57.8 Å². The van der Waals surface area contributed by atoms with Crippen molar-refractivity contribution >= 4 is 19.8 Å². The average Bonchev–Trinajstić information content (AvgIpc) is 3.20. The molecule has 0 aromatic carbocycles. The largest absolute Gasteiger partial charge is 0.472 e. The average molecular weight is 822 g/mol. The summed E-state index contributed by atoms with van der Waals surface area (Å²) in [5.74, 6) is -0.837. The summed E-state index contributed by atoms with van der Waals surface area (Å²) < 4.78 is 32.6. The molecule has 0 aromatic rings. The number of esters is 2. The highest BCUT2D eigenvalue weighted by Crippen LogP contribution is 2.43. The molecule has 2 unspecified atom stereocenters. The van der Waals surface area contributed by atoms with Crippen molar-refractivity contribution in [1.82, 2.24) is 0 Å². The summed E-state index contributed by atoms with van der Waals surface area (Å²) in [6.07, 6.45) is 51.5. The third-order valence-electron chi connectivity index (χ3n) is 9.42. The van der Waals surface area contributed by atoms with E-state index in [0.29, 0.717) is 6.42 Å². The van der Waals surface area contributed by atoms with Gasteiger partial charge >= 0.3 is 19.8 Å². The molecule has 0 aliphatic heterocycles. The molecule has 0 aliphatic rings. The SMILES string of the molecule is CC/C=C\C/C=C\C/C=C\C/C=C\C/C=C\CCCCCCCCCCCCCCCC(=O)OC(COC(=O)CCCCCCCCC)COP(=O)(O)OCCN. The van der Waals surface area contributed by atoms with Gasteiger partial charge in [-0.3, -0.25) is 18.6 Å². The van der Waals surface area contributed by atoms with Crippen LogP contribution in [0.5, 0.6) is 0 Å². The van der Waals surface area contributed by atoms with E-state index in [-0.39, 0.29) is 38.6 Å². The monoisotopic (exact) mass is 822 g/mol. The van der Waals surface area contributed by atoms with Gasteiger partial charge in [0.15, 0.2) is 6.10 Å². The zero-order chi connectivity index (χ0) is 41.8. The lowest BCUT2D eigenvalue weighted by molar-refractivity contribution is -0.161. The Morgan fingerprint density at radius 3 is 1.44 bits per heavy atom. The van der Waals surface area contributed by atoms with Gasteiger partial charge in [-0.15, -0.1) is 0 Å². The van der Waals surface area contributed by atoms with Crippen molar-refractivity contribution in [2.24, 2.45) is 5.73 Å². The topological polar surface area (TPSA) is 134 Å². The van der Waals surface area contributed by atoms with Crippen molar-refractivity contribution in [3.63, 3.8) is 0 Å². The molecular formula is C47H84NO8P. The van der Waals surface area contributed by atoms with Crippen LogP contribution in [0.2, 0.25) is 0 Å². The Hall–Kier alpha value is -2.29. The van der Waals surface area contributed by atoms with E-state index in [9.17, 15) is 19.0 Å². The van der Waals surface area contributed by atoms with E-state index in [1.807, 2.05) is 0 Å². The molecule has 57 heavy (non-hydrogen) atoms. The van der Waals surface area contributed by atoms with Crippen LogP contribution in [0.4, 0.5) is 0 Å². The Morgan fingerprint density at radius 2 is 0.965 bits per heavy atom. The van der Waals surface area contributed by atoms with E-state index in [1.54, 1.807) is 0 Å². The van der Waals surface area contributed by atoms with E-state index >= 15 is 0 Å².